The van der Waals surface area contributed by atoms with E-state index in [1.54, 1.807) is 0 Å². The zero-order chi connectivity index (χ0) is 54.4. The number of halogens is 1. The van der Waals surface area contributed by atoms with E-state index in [1.807, 2.05) is 102 Å². The number of aryl methyl sites for hydroxylation is 3. The maximum absolute atomic E-state index is 13.9. The molecule has 2 aliphatic rings. The lowest BCUT2D eigenvalue weighted by atomic mass is 9.85. The molecule has 0 saturated carbocycles. The van der Waals surface area contributed by atoms with E-state index in [2.05, 4.69) is 31.1 Å². The van der Waals surface area contributed by atoms with Gasteiger partial charge in [0.25, 0.3) is 0 Å². The molecule has 0 bridgehead atoms. The Morgan fingerprint density at radius 3 is 2.12 bits per heavy atom. The number of benzene rings is 2. The van der Waals surface area contributed by atoms with Gasteiger partial charge in [0.1, 0.15) is 36.3 Å². The molecule has 76 heavy (non-hydrogen) atoms. The van der Waals surface area contributed by atoms with Crippen LogP contribution in [0, 0.1) is 33.1 Å². The first kappa shape index (κ1) is 57.4. The molecule has 4 unspecified atom stereocenters. The molecule has 0 spiro atoms. The SMILES string of the molecule is Cc1ncoc1-c1ccc(CNC(=O)C2CC(O)CN2C(=O)C(NC(=O)COCCOCCOCCCOCCOCCNC(=O)CC2N=C(c3ccc(Cl)cc3)c3c(oc(C)c3C)-n3c(C)nnc32)C(C)(C)C)cc1. The molecule has 4 atom stereocenters. The third-order valence-electron chi connectivity index (χ3n) is 12.9. The van der Waals surface area contributed by atoms with Gasteiger partial charge in [0.05, 0.1) is 75.7 Å². The number of furan rings is 1. The number of β-amino-alcohol motifs (C(OH)–C–C–N with tert-alkyl or cyclic N) is 1. The van der Waals surface area contributed by atoms with Crippen LogP contribution in [0.15, 0.2) is 68.8 Å². The van der Waals surface area contributed by atoms with Crippen LogP contribution < -0.4 is 16.0 Å². The fraction of sp³-hybridized carbons (Fsp3) is 0.519. The van der Waals surface area contributed by atoms with E-state index in [4.69, 9.17) is 49.1 Å². The Morgan fingerprint density at radius 1 is 0.816 bits per heavy atom. The second-order valence-electron chi connectivity index (χ2n) is 19.8. The number of aliphatic hydroxyl groups is 1. The second kappa shape index (κ2) is 27.1. The molecule has 21 nitrogen and oxygen atoms in total. The van der Waals surface area contributed by atoms with Crippen LogP contribution >= 0.6 is 11.6 Å². The van der Waals surface area contributed by atoms with Gasteiger partial charge in [0, 0.05) is 61.0 Å². The van der Waals surface area contributed by atoms with Gasteiger partial charge in [-0.2, -0.15) is 0 Å². The fourth-order valence-corrected chi connectivity index (χ4v) is 8.94. The minimum absolute atomic E-state index is 0.0339. The minimum atomic E-state index is -0.982. The Morgan fingerprint density at radius 2 is 1.46 bits per heavy atom. The van der Waals surface area contributed by atoms with Gasteiger partial charge in [0.15, 0.2) is 18.0 Å². The number of fused-ring (bicyclic) bond motifs is 3. The fourth-order valence-electron chi connectivity index (χ4n) is 8.82. The molecule has 4 N–H and O–H groups in total. The minimum Gasteiger partial charge on any atom is -0.444 e. The number of ether oxygens (including phenoxy) is 5. The van der Waals surface area contributed by atoms with Crippen molar-refractivity contribution in [3.8, 4) is 17.2 Å². The van der Waals surface area contributed by atoms with Crippen LogP contribution in [0.5, 0.6) is 0 Å². The number of nitrogens with one attached hydrogen (secondary N) is 3. The average Bonchev–Trinajstić information content (AvgIpc) is 4.19. The first-order valence-corrected chi connectivity index (χ1v) is 25.9. The summed E-state index contributed by atoms with van der Waals surface area (Å²) in [4.78, 5) is 64.1. The number of aliphatic imine (C=N–C) groups is 1. The van der Waals surface area contributed by atoms with Crippen molar-refractivity contribution in [1.29, 1.82) is 0 Å². The van der Waals surface area contributed by atoms with Crippen LogP contribution in [0.25, 0.3) is 17.2 Å². The lowest BCUT2D eigenvalue weighted by Gasteiger charge is -2.35. The molecule has 0 radical (unpaired) electrons. The molecule has 5 aromatic rings. The highest BCUT2D eigenvalue weighted by molar-refractivity contribution is 6.30. The number of rotatable bonds is 27. The van der Waals surface area contributed by atoms with Crippen LogP contribution in [0.3, 0.4) is 0 Å². The highest BCUT2D eigenvalue weighted by Gasteiger charge is 2.44. The molecule has 7 rings (SSSR count). The van der Waals surface area contributed by atoms with Crippen molar-refractivity contribution in [3.63, 3.8) is 0 Å². The number of aliphatic hydroxyl groups excluding tert-OH is 1. The van der Waals surface area contributed by atoms with Crippen molar-refractivity contribution >= 4 is 40.9 Å². The molecule has 22 heteroatoms. The van der Waals surface area contributed by atoms with Gasteiger partial charge in [-0.25, -0.2) is 9.55 Å². The molecule has 3 aromatic heterocycles. The van der Waals surface area contributed by atoms with Gasteiger partial charge in [-0.1, -0.05) is 68.8 Å². The quantitative estimate of drug-likeness (QED) is 0.0500. The van der Waals surface area contributed by atoms with E-state index in [0.29, 0.717) is 93.2 Å². The van der Waals surface area contributed by atoms with Crippen molar-refractivity contribution in [3.05, 3.63) is 105 Å². The molecule has 1 fully saturated rings. The maximum atomic E-state index is 13.9. The summed E-state index contributed by atoms with van der Waals surface area (Å²) in [6, 6.07) is 12.4. The average molecular weight is 1070 g/mol. The summed E-state index contributed by atoms with van der Waals surface area (Å²) in [5.74, 6) is 1.57. The smallest absolute Gasteiger partial charge is 0.246 e. The van der Waals surface area contributed by atoms with Crippen molar-refractivity contribution in [2.75, 3.05) is 79.2 Å². The summed E-state index contributed by atoms with van der Waals surface area (Å²) in [5.41, 5.74) is 5.05. The number of carbonyl (C=O) groups excluding carboxylic acids is 4. The Balaban J connectivity index is 0.705. The summed E-state index contributed by atoms with van der Waals surface area (Å²) in [5, 5.41) is 28.5. The third-order valence-corrected chi connectivity index (χ3v) is 13.2. The lowest BCUT2D eigenvalue weighted by Crippen LogP contribution is -2.58. The number of aromatic nitrogens is 4. The summed E-state index contributed by atoms with van der Waals surface area (Å²) in [6.45, 7) is 16.3. The molecular weight excluding hydrogens is 1000 g/mol. The Kier molecular flexibility index (Phi) is 20.5. The zero-order valence-corrected chi connectivity index (χ0v) is 45.1. The normalized spacial score (nSPS) is 16.7. The van der Waals surface area contributed by atoms with E-state index in [9.17, 15) is 24.3 Å². The van der Waals surface area contributed by atoms with Gasteiger partial charge >= 0.3 is 0 Å². The second-order valence-corrected chi connectivity index (χ2v) is 20.2. The number of carbonyl (C=O) groups is 4. The largest absolute Gasteiger partial charge is 0.444 e. The van der Waals surface area contributed by atoms with Crippen molar-refractivity contribution < 1.29 is 56.8 Å². The summed E-state index contributed by atoms with van der Waals surface area (Å²) in [6.07, 6.45) is 1.30. The Hall–Kier alpha value is -6.33. The van der Waals surface area contributed by atoms with E-state index in [0.717, 1.165) is 39.3 Å². The van der Waals surface area contributed by atoms with Gasteiger partial charge in [-0.3, -0.25) is 24.2 Å². The van der Waals surface area contributed by atoms with E-state index in [-0.39, 0.29) is 51.7 Å². The number of amides is 4. The number of nitrogens with zero attached hydrogens (tertiary/aromatic N) is 6. The number of likely N-dealkylation sites (tertiary alicyclic amines) is 1. The summed E-state index contributed by atoms with van der Waals surface area (Å²) < 4.78 is 41.6. The lowest BCUT2D eigenvalue weighted by molar-refractivity contribution is -0.144. The van der Waals surface area contributed by atoms with Crippen LogP contribution in [-0.2, 0) is 49.4 Å². The molecule has 1 saturated heterocycles. The number of hydrogen-bond donors (Lipinski definition) is 4. The van der Waals surface area contributed by atoms with Gasteiger partial charge in [-0.05, 0) is 57.2 Å². The molecule has 5 heterocycles. The molecule has 0 aliphatic carbocycles. The van der Waals surface area contributed by atoms with Crippen molar-refractivity contribution in [2.24, 2.45) is 10.4 Å². The number of oxazole rings is 1. The van der Waals surface area contributed by atoms with Crippen molar-refractivity contribution in [2.45, 2.75) is 98.5 Å². The number of hydrogen-bond acceptors (Lipinski definition) is 16. The predicted octanol–water partition coefficient (Wildman–Crippen LogP) is 5.08. The van der Waals surface area contributed by atoms with E-state index >= 15 is 0 Å². The topological polar surface area (TPSA) is 256 Å². The van der Waals surface area contributed by atoms with Gasteiger partial charge < -0.3 is 58.5 Å². The molecule has 410 valence electrons. The molecule has 2 aromatic carbocycles. The van der Waals surface area contributed by atoms with Crippen LogP contribution in [0.4, 0.5) is 0 Å². The zero-order valence-electron chi connectivity index (χ0n) is 44.3. The molecule has 2 aliphatic heterocycles. The monoisotopic (exact) mass is 1070 g/mol. The first-order valence-electron chi connectivity index (χ1n) is 25.6. The molecule has 4 amide bonds. The van der Waals surface area contributed by atoms with Crippen molar-refractivity contribution in [1.82, 2.24) is 40.6 Å². The summed E-state index contributed by atoms with van der Waals surface area (Å²) >= 11 is 6.21. The maximum Gasteiger partial charge on any atom is 0.246 e. The van der Waals surface area contributed by atoms with Crippen LogP contribution in [0.2, 0.25) is 5.02 Å². The molecular formula is C54H70ClN9O12. The first-order chi connectivity index (χ1) is 36.5. The highest BCUT2D eigenvalue weighted by atomic mass is 35.5. The highest BCUT2D eigenvalue weighted by Crippen LogP contribution is 2.37. The summed E-state index contributed by atoms with van der Waals surface area (Å²) in [7, 11) is 0. The van der Waals surface area contributed by atoms with E-state index in [1.165, 1.54) is 11.3 Å². The Labute approximate surface area is 447 Å². The van der Waals surface area contributed by atoms with Gasteiger partial charge in [-0.15, -0.1) is 10.2 Å². The third kappa shape index (κ3) is 15.2. The Bertz CT molecular complexity index is 2770. The standard InChI is InChI=1S/C54H70ClN9O12/c1-33-35(3)76-53-46(33)47(38-13-15-40(55)16-14-38)59-42(50-62-61-36(4)64(50)53)28-44(66)56-17-20-72-23-21-70-18-8-19-71-22-24-73-25-26-74-31-45(67)60-49(54(5,6)7)52(69)63-30-41(65)27-43(63)51(68)57-29-37-9-11-39(12-10-37)48-34(2)58-32-75-48/h9-16,32,41-43,49,65H,8,17-31H2,1-7H3,(H,56,66)(H,57,68)(H,60,67). The van der Waals surface area contributed by atoms with E-state index < -0.39 is 47.4 Å². The van der Waals surface area contributed by atoms with Gasteiger partial charge in [0.2, 0.25) is 29.5 Å². The predicted molar refractivity (Wildman–Crippen MR) is 280 cm³/mol. The van der Waals surface area contributed by atoms with Crippen LogP contribution in [0.1, 0.15) is 91.4 Å². The van der Waals surface area contributed by atoms with Crippen LogP contribution in [-0.4, -0.2) is 156 Å².